The van der Waals surface area contributed by atoms with E-state index in [1.807, 2.05) is 0 Å². The summed E-state index contributed by atoms with van der Waals surface area (Å²) in [6, 6.07) is 11.2. The van der Waals surface area contributed by atoms with Gasteiger partial charge in [-0.25, -0.2) is 4.39 Å². The normalized spacial score (nSPS) is 17.6. The van der Waals surface area contributed by atoms with Crippen molar-refractivity contribution in [2.75, 3.05) is 0 Å². The van der Waals surface area contributed by atoms with Gasteiger partial charge in [-0.1, -0.05) is 29.8 Å². The van der Waals surface area contributed by atoms with E-state index < -0.39 is 6.10 Å². The highest BCUT2D eigenvalue weighted by Gasteiger charge is 2.25. The van der Waals surface area contributed by atoms with Gasteiger partial charge in [-0.15, -0.1) is 0 Å². The van der Waals surface area contributed by atoms with Crippen molar-refractivity contribution in [2.45, 2.75) is 31.4 Å². The molecule has 0 heterocycles. The summed E-state index contributed by atoms with van der Waals surface area (Å²) < 4.78 is 13.4. The van der Waals surface area contributed by atoms with E-state index in [1.165, 1.54) is 12.1 Å². The Morgan fingerprint density at radius 1 is 1.30 bits per heavy atom. The van der Waals surface area contributed by atoms with Crippen LogP contribution in [-0.2, 0) is 11.2 Å². The van der Waals surface area contributed by atoms with Crippen LogP contribution in [0.4, 0.5) is 4.39 Å². The summed E-state index contributed by atoms with van der Waals surface area (Å²) in [5.41, 5.74) is 2.54. The van der Waals surface area contributed by atoms with Crippen LogP contribution in [0.25, 0.3) is 0 Å². The number of hydrogen-bond acceptors (Lipinski definition) is 2. The number of carbonyl (C=O) groups excluding carboxylic acids is 1. The minimum Gasteiger partial charge on any atom is -0.388 e. The van der Waals surface area contributed by atoms with Gasteiger partial charge in [-0.3, -0.25) is 4.79 Å². The van der Waals surface area contributed by atoms with Crippen LogP contribution >= 0.6 is 11.6 Å². The summed E-state index contributed by atoms with van der Waals surface area (Å²) in [7, 11) is 0. The van der Waals surface area contributed by atoms with Crippen molar-refractivity contribution < 1.29 is 14.3 Å². The number of aliphatic hydroxyl groups is 1. The molecular weight excluding hydrogens is 317 g/mol. The molecule has 0 radical (unpaired) electrons. The maximum absolute atomic E-state index is 13.4. The average Bonchev–Trinajstić information content (AvgIpc) is 2.90. The maximum Gasteiger partial charge on any atom is 0.223 e. The molecule has 3 nitrogen and oxygen atoms in total. The van der Waals surface area contributed by atoms with E-state index in [-0.39, 0.29) is 24.2 Å². The Morgan fingerprint density at radius 2 is 2.04 bits per heavy atom. The minimum absolute atomic E-state index is 0.0389. The van der Waals surface area contributed by atoms with Crippen molar-refractivity contribution in [1.29, 1.82) is 0 Å². The van der Waals surface area contributed by atoms with E-state index in [9.17, 15) is 14.3 Å². The summed E-state index contributed by atoms with van der Waals surface area (Å²) in [5.74, 6) is -0.555. The molecule has 23 heavy (non-hydrogen) atoms. The molecule has 1 amide bonds. The Balaban J connectivity index is 1.62. The first-order chi connectivity index (χ1) is 11.0. The largest absolute Gasteiger partial charge is 0.388 e. The highest BCUT2D eigenvalue weighted by Crippen LogP contribution is 2.32. The molecule has 2 atom stereocenters. The van der Waals surface area contributed by atoms with Gasteiger partial charge in [-0.05, 0) is 53.8 Å². The number of aryl methyl sites for hydroxylation is 1. The van der Waals surface area contributed by atoms with Crippen molar-refractivity contribution in [3.05, 3.63) is 70.0 Å². The number of hydrogen-bond donors (Lipinski definition) is 2. The van der Waals surface area contributed by atoms with E-state index in [0.717, 1.165) is 24.0 Å². The topological polar surface area (TPSA) is 49.3 Å². The number of nitrogens with one attached hydrogen (secondary N) is 1. The second-order valence-corrected chi connectivity index (χ2v) is 6.21. The molecule has 2 aromatic rings. The highest BCUT2D eigenvalue weighted by atomic mass is 35.5. The summed E-state index contributed by atoms with van der Waals surface area (Å²) in [6.45, 7) is 0. The van der Waals surface area contributed by atoms with Crippen LogP contribution in [-0.4, -0.2) is 11.0 Å². The third kappa shape index (κ3) is 3.71. The molecule has 0 aromatic heterocycles. The monoisotopic (exact) mass is 333 g/mol. The van der Waals surface area contributed by atoms with Crippen LogP contribution < -0.4 is 5.32 Å². The molecule has 5 heteroatoms. The fourth-order valence-electron chi connectivity index (χ4n) is 2.95. The fraction of sp³-hybridized carbons (Fsp3) is 0.278. The zero-order valence-electron chi connectivity index (χ0n) is 12.4. The van der Waals surface area contributed by atoms with Gasteiger partial charge in [0.1, 0.15) is 5.82 Å². The van der Waals surface area contributed by atoms with Crippen LogP contribution in [0, 0.1) is 5.82 Å². The quantitative estimate of drug-likeness (QED) is 0.896. The molecule has 2 unspecified atom stereocenters. The maximum atomic E-state index is 13.4. The Hall–Kier alpha value is -1.91. The summed E-state index contributed by atoms with van der Waals surface area (Å²) in [6.07, 6.45) is 0.644. The highest BCUT2D eigenvalue weighted by molar-refractivity contribution is 6.30. The summed E-state index contributed by atoms with van der Waals surface area (Å²) in [5, 5.41) is 13.6. The van der Waals surface area contributed by atoms with Gasteiger partial charge in [0.2, 0.25) is 5.91 Å². The number of fused-ring (bicyclic) bond motifs is 1. The number of carbonyl (C=O) groups is 1. The molecule has 0 spiro atoms. The lowest BCUT2D eigenvalue weighted by Gasteiger charge is -2.16. The third-order valence-corrected chi connectivity index (χ3v) is 4.41. The predicted octanol–water partition coefficient (Wildman–Crippen LogP) is 3.71. The molecule has 0 saturated carbocycles. The SMILES string of the molecule is O=C(CC(O)c1ccc(Cl)cc1)NC1CCc2ccc(F)cc21. The van der Waals surface area contributed by atoms with E-state index >= 15 is 0 Å². The summed E-state index contributed by atoms with van der Waals surface area (Å²) >= 11 is 5.80. The van der Waals surface area contributed by atoms with Crippen molar-refractivity contribution >= 4 is 17.5 Å². The first-order valence-electron chi connectivity index (χ1n) is 7.54. The van der Waals surface area contributed by atoms with Gasteiger partial charge >= 0.3 is 0 Å². The number of halogens is 2. The number of amides is 1. The van der Waals surface area contributed by atoms with Gasteiger partial charge < -0.3 is 10.4 Å². The van der Waals surface area contributed by atoms with Crippen molar-refractivity contribution in [2.24, 2.45) is 0 Å². The average molecular weight is 334 g/mol. The molecule has 0 aliphatic heterocycles. The Bertz CT molecular complexity index is 717. The molecule has 0 bridgehead atoms. The van der Waals surface area contributed by atoms with E-state index in [0.29, 0.717) is 10.6 Å². The third-order valence-electron chi connectivity index (χ3n) is 4.15. The lowest BCUT2D eigenvalue weighted by atomic mass is 10.1. The van der Waals surface area contributed by atoms with Gasteiger partial charge in [0.25, 0.3) is 0 Å². The van der Waals surface area contributed by atoms with E-state index in [4.69, 9.17) is 11.6 Å². The second-order valence-electron chi connectivity index (χ2n) is 5.77. The zero-order valence-corrected chi connectivity index (χ0v) is 13.2. The number of benzene rings is 2. The molecule has 120 valence electrons. The minimum atomic E-state index is -0.888. The molecule has 0 saturated heterocycles. The first-order valence-corrected chi connectivity index (χ1v) is 7.92. The van der Waals surface area contributed by atoms with Crippen molar-refractivity contribution in [1.82, 2.24) is 5.32 Å². The van der Waals surface area contributed by atoms with Crippen LogP contribution in [0.15, 0.2) is 42.5 Å². The number of rotatable bonds is 4. The Labute approximate surface area is 139 Å². The molecule has 1 aliphatic rings. The zero-order chi connectivity index (χ0) is 16.4. The summed E-state index contributed by atoms with van der Waals surface area (Å²) in [4.78, 5) is 12.2. The first kappa shape index (κ1) is 16.0. The van der Waals surface area contributed by atoms with Crippen molar-refractivity contribution in [3.63, 3.8) is 0 Å². The van der Waals surface area contributed by atoms with Crippen LogP contribution in [0.5, 0.6) is 0 Å². The fourth-order valence-corrected chi connectivity index (χ4v) is 3.08. The van der Waals surface area contributed by atoms with Gasteiger partial charge in [0.05, 0.1) is 18.6 Å². The Morgan fingerprint density at radius 3 is 2.78 bits per heavy atom. The van der Waals surface area contributed by atoms with E-state index in [2.05, 4.69) is 5.32 Å². The van der Waals surface area contributed by atoms with Crippen LogP contribution in [0.2, 0.25) is 5.02 Å². The van der Waals surface area contributed by atoms with Crippen LogP contribution in [0.3, 0.4) is 0 Å². The predicted molar refractivity (Wildman–Crippen MR) is 86.6 cm³/mol. The lowest BCUT2D eigenvalue weighted by molar-refractivity contribution is -0.123. The second kappa shape index (κ2) is 6.69. The van der Waals surface area contributed by atoms with Crippen molar-refractivity contribution in [3.8, 4) is 0 Å². The molecule has 3 rings (SSSR count). The standard InChI is InChI=1S/C18H17ClFNO2/c19-13-5-1-12(2-6-13)17(22)10-18(23)21-16-8-4-11-3-7-14(20)9-15(11)16/h1-3,5-7,9,16-17,22H,4,8,10H2,(H,21,23). The van der Waals surface area contributed by atoms with Gasteiger partial charge in [0.15, 0.2) is 0 Å². The molecular formula is C18H17ClFNO2. The smallest absolute Gasteiger partial charge is 0.223 e. The number of aliphatic hydroxyl groups excluding tert-OH is 1. The van der Waals surface area contributed by atoms with Crippen LogP contribution in [0.1, 0.15) is 41.7 Å². The lowest BCUT2D eigenvalue weighted by Crippen LogP contribution is -2.28. The molecule has 0 fully saturated rings. The molecule has 1 aliphatic carbocycles. The molecule has 2 N–H and O–H groups in total. The Kier molecular flexibility index (Phi) is 4.64. The van der Waals surface area contributed by atoms with Gasteiger partial charge in [0, 0.05) is 5.02 Å². The van der Waals surface area contributed by atoms with Gasteiger partial charge in [-0.2, -0.15) is 0 Å². The van der Waals surface area contributed by atoms with E-state index in [1.54, 1.807) is 30.3 Å². The molecule has 2 aromatic carbocycles.